The van der Waals surface area contributed by atoms with E-state index in [1.807, 2.05) is 12.1 Å². The third-order valence-corrected chi connectivity index (χ3v) is 14.7. The molecule has 0 aliphatic heterocycles. The first-order chi connectivity index (χ1) is 18.7. The fourth-order valence-corrected chi connectivity index (χ4v) is 12.5. The minimum atomic E-state index is -0.856. The van der Waals surface area contributed by atoms with Crippen LogP contribution in [0.2, 0.25) is 0 Å². The molecule has 9 atom stereocenters. The van der Waals surface area contributed by atoms with Crippen molar-refractivity contribution in [3.05, 3.63) is 53.6 Å². The van der Waals surface area contributed by atoms with E-state index in [0.29, 0.717) is 39.6 Å². The lowest BCUT2D eigenvalue weighted by atomic mass is 9.32. The van der Waals surface area contributed by atoms with Crippen LogP contribution >= 0.6 is 0 Å². The van der Waals surface area contributed by atoms with Crippen LogP contribution in [-0.4, -0.2) is 17.6 Å². The van der Waals surface area contributed by atoms with Gasteiger partial charge in [-0.1, -0.05) is 65.0 Å². The fourth-order valence-electron chi connectivity index (χ4n) is 12.5. The van der Waals surface area contributed by atoms with Gasteiger partial charge in [0.1, 0.15) is 0 Å². The number of fused-ring (bicyclic) bond motifs is 7. The van der Waals surface area contributed by atoms with Crippen molar-refractivity contribution >= 4 is 11.5 Å². The Labute approximate surface area is 243 Å². The molecular formula is C37H53NO2. The molecule has 4 saturated carbocycles. The topological polar surface area (TPSA) is 63.3 Å². The number of benzene rings is 1. The van der Waals surface area contributed by atoms with E-state index in [0.717, 1.165) is 24.8 Å². The summed E-state index contributed by atoms with van der Waals surface area (Å²) in [6, 6.07) is 7.61. The van der Waals surface area contributed by atoms with Gasteiger partial charge in [0.05, 0.1) is 5.56 Å². The number of hydrogen-bond acceptors (Lipinski definition) is 2. The Balaban J connectivity index is 1.36. The Morgan fingerprint density at radius 1 is 0.925 bits per heavy atom. The van der Waals surface area contributed by atoms with Crippen LogP contribution in [0.3, 0.4) is 0 Å². The average molecular weight is 544 g/mol. The van der Waals surface area contributed by atoms with Crippen molar-refractivity contribution in [2.45, 2.75) is 99.3 Å². The van der Waals surface area contributed by atoms with Crippen LogP contribution in [0.5, 0.6) is 0 Å². The number of rotatable bonds is 4. The van der Waals surface area contributed by atoms with Crippen molar-refractivity contribution in [3.63, 3.8) is 0 Å². The maximum Gasteiger partial charge on any atom is 0.335 e. The van der Waals surface area contributed by atoms with Gasteiger partial charge in [-0.25, -0.2) is 4.79 Å². The third kappa shape index (κ3) is 3.55. The summed E-state index contributed by atoms with van der Waals surface area (Å²) in [5, 5.41) is 9.41. The van der Waals surface area contributed by atoms with E-state index in [1.165, 1.54) is 68.1 Å². The monoisotopic (exact) mass is 543 g/mol. The highest BCUT2D eigenvalue weighted by Gasteiger charge is 2.70. The second kappa shape index (κ2) is 9.06. The first-order valence-corrected chi connectivity index (χ1v) is 16.1. The lowest BCUT2D eigenvalue weighted by molar-refractivity contribution is -0.224. The van der Waals surface area contributed by atoms with Gasteiger partial charge in [0.2, 0.25) is 0 Å². The van der Waals surface area contributed by atoms with E-state index in [2.05, 4.69) is 54.2 Å². The van der Waals surface area contributed by atoms with Crippen molar-refractivity contribution < 1.29 is 9.90 Å². The molecule has 0 bridgehead atoms. The maximum atomic E-state index is 11.5. The van der Waals surface area contributed by atoms with Gasteiger partial charge in [-0.2, -0.15) is 0 Å². The Morgan fingerprint density at radius 3 is 2.25 bits per heavy atom. The minimum Gasteiger partial charge on any atom is -0.478 e. The molecule has 4 fully saturated rings. The maximum absolute atomic E-state index is 11.5. The van der Waals surface area contributed by atoms with Crippen molar-refractivity contribution in [1.82, 2.24) is 0 Å². The molecule has 40 heavy (non-hydrogen) atoms. The van der Waals surface area contributed by atoms with Crippen molar-refractivity contribution in [3.8, 4) is 0 Å². The van der Waals surface area contributed by atoms with Gasteiger partial charge in [-0.05, 0) is 151 Å². The molecule has 0 radical (unpaired) electrons. The summed E-state index contributed by atoms with van der Waals surface area (Å²) >= 11 is 0. The molecule has 5 aliphatic carbocycles. The summed E-state index contributed by atoms with van der Waals surface area (Å²) in [6.07, 6.45) is 14.2. The number of nitrogens with two attached hydrogens (primary N) is 1. The Morgan fingerprint density at radius 2 is 1.62 bits per heavy atom. The average Bonchev–Trinajstić information content (AvgIpc) is 3.29. The summed E-state index contributed by atoms with van der Waals surface area (Å²) in [7, 11) is 0. The first-order valence-electron chi connectivity index (χ1n) is 16.1. The summed E-state index contributed by atoms with van der Waals surface area (Å²) in [6.45, 7) is 20.6. The summed E-state index contributed by atoms with van der Waals surface area (Å²) < 4.78 is 0. The summed E-state index contributed by atoms with van der Waals surface area (Å²) in [5.41, 5.74) is 12.4. The molecule has 3 N–H and O–H groups in total. The van der Waals surface area contributed by atoms with Crippen LogP contribution in [0.1, 0.15) is 115 Å². The van der Waals surface area contributed by atoms with Crippen molar-refractivity contribution in [2.24, 2.45) is 62.4 Å². The molecule has 218 valence electrons. The van der Waals surface area contributed by atoms with Crippen LogP contribution in [0.15, 0.2) is 42.5 Å². The van der Waals surface area contributed by atoms with E-state index in [9.17, 15) is 9.90 Å². The molecule has 3 nitrogen and oxygen atoms in total. The van der Waals surface area contributed by atoms with Gasteiger partial charge >= 0.3 is 5.97 Å². The molecule has 0 aromatic heterocycles. The van der Waals surface area contributed by atoms with E-state index < -0.39 is 5.97 Å². The summed E-state index contributed by atoms with van der Waals surface area (Å²) in [4.78, 5) is 11.5. The molecule has 0 heterocycles. The minimum absolute atomic E-state index is 0.0502. The van der Waals surface area contributed by atoms with E-state index in [-0.39, 0.29) is 10.8 Å². The van der Waals surface area contributed by atoms with Gasteiger partial charge < -0.3 is 10.8 Å². The van der Waals surface area contributed by atoms with E-state index in [4.69, 9.17) is 5.73 Å². The van der Waals surface area contributed by atoms with Crippen LogP contribution in [0.4, 0.5) is 0 Å². The first kappa shape index (κ1) is 28.3. The third-order valence-electron chi connectivity index (χ3n) is 14.7. The summed E-state index contributed by atoms with van der Waals surface area (Å²) in [5.74, 6) is 2.60. The van der Waals surface area contributed by atoms with Gasteiger partial charge in [0.25, 0.3) is 0 Å². The number of carbonyl (C=O) groups is 1. The highest BCUT2D eigenvalue weighted by atomic mass is 16.4. The van der Waals surface area contributed by atoms with Gasteiger partial charge in [0, 0.05) is 0 Å². The molecule has 0 spiro atoms. The molecule has 0 amide bonds. The molecule has 1 aromatic rings. The van der Waals surface area contributed by atoms with Gasteiger partial charge in [-0.15, -0.1) is 0 Å². The highest BCUT2D eigenvalue weighted by molar-refractivity contribution is 5.88. The lowest BCUT2D eigenvalue weighted by Crippen LogP contribution is -2.65. The Kier molecular flexibility index (Phi) is 6.40. The van der Waals surface area contributed by atoms with Crippen LogP contribution < -0.4 is 5.73 Å². The van der Waals surface area contributed by atoms with E-state index >= 15 is 0 Å². The number of carboxylic acids is 1. The van der Waals surface area contributed by atoms with Crippen molar-refractivity contribution in [1.29, 1.82) is 0 Å². The Hall–Kier alpha value is -1.87. The highest BCUT2D eigenvalue weighted by Crippen LogP contribution is 2.77. The molecule has 1 unspecified atom stereocenters. The number of carboxylic acid groups (broad SMARTS) is 1. The standard InChI is InChI=1S/C37H53NO2/c1-23(2)26-14-19-37(22-38)21-20-35(6)28(31(26)37)12-13-30-34(5)17-15-27(24-8-10-25(11-9-24)32(39)40)33(3,4)29(34)16-18-36(30,35)7/h8-11,15,26,28-31H,1,12-14,16-22,38H2,2-7H3,(H,39,40)/t26-,28+,29-,30+,31+,34-,35+,36+,37?/m0/s1. The lowest BCUT2D eigenvalue weighted by Gasteiger charge is -2.72. The van der Waals surface area contributed by atoms with Crippen LogP contribution in [-0.2, 0) is 0 Å². The predicted octanol–water partition coefficient (Wildman–Crippen LogP) is 8.99. The zero-order valence-electron chi connectivity index (χ0n) is 26.0. The smallest absolute Gasteiger partial charge is 0.335 e. The van der Waals surface area contributed by atoms with Gasteiger partial charge in [0.15, 0.2) is 0 Å². The largest absolute Gasteiger partial charge is 0.478 e. The normalized spacial score (nSPS) is 45.4. The van der Waals surface area contributed by atoms with E-state index in [1.54, 1.807) is 12.1 Å². The number of allylic oxidation sites excluding steroid dienone is 3. The Bertz CT molecular complexity index is 1240. The van der Waals surface area contributed by atoms with Crippen LogP contribution in [0, 0.1) is 56.7 Å². The molecule has 3 heteroatoms. The van der Waals surface area contributed by atoms with Crippen molar-refractivity contribution in [2.75, 3.05) is 6.54 Å². The second-order valence-electron chi connectivity index (χ2n) is 16.2. The fraction of sp³-hybridized carbons (Fsp3) is 0.703. The second-order valence-corrected chi connectivity index (χ2v) is 16.2. The molecule has 1 aromatic carbocycles. The molecular weight excluding hydrogens is 490 g/mol. The van der Waals surface area contributed by atoms with Crippen LogP contribution in [0.25, 0.3) is 5.57 Å². The SMILES string of the molecule is C=C(C)[C@@H]1CCC2(CN)CC[C@]3(C)[C@H](CC[C@@H]4[C@@]5(C)CC=C(c6ccc(C(=O)O)cc6)C(C)(C)[C@@H]5CC[C@]43C)[C@@H]12. The number of hydrogen-bond donors (Lipinski definition) is 2. The zero-order chi connectivity index (χ0) is 28.9. The van der Waals surface area contributed by atoms with Gasteiger partial charge in [-0.3, -0.25) is 0 Å². The number of aromatic carboxylic acids is 1. The zero-order valence-corrected chi connectivity index (χ0v) is 26.0. The molecule has 5 aliphatic rings. The quantitative estimate of drug-likeness (QED) is 0.372. The molecule has 6 rings (SSSR count). The predicted molar refractivity (Wildman–Crippen MR) is 165 cm³/mol. The molecule has 0 saturated heterocycles.